The molecule has 1 aromatic rings. The number of ether oxygens (including phenoxy) is 1. The maximum atomic E-state index is 11.7. The number of carboxylic acids is 1. The van der Waals surface area contributed by atoms with E-state index in [1.807, 2.05) is 38.1 Å². The molecule has 0 spiro atoms. The summed E-state index contributed by atoms with van der Waals surface area (Å²) >= 11 is 0. The van der Waals surface area contributed by atoms with E-state index in [-0.39, 0.29) is 6.09 Å². The third-order valence-corrected chi connectivity index (χ3v) is 2.67. The van der Waals surface area contributed by atoms with Crippen LogP contribution >= 0.6 is 0 Å². The van der Waals surface area contributed by atoms with Crippen LogP contribution in [0.1, 0.15) is 25.0 Å². The van der Waals surface area contributed by atoms with Crippen LogP contribution in [0.3, 0.4) is 0 Å². The van der Waals surface area contributed by atoms with E-state index in [2.05, 4.69) is 0 Å². The topological polar surface area (TPSA) is 66.8 Å². The Morgan fingerprint density at radius 2 is 1.90 bits per heavy atom. The Hall–Kier alpha value is -2.30. The summed E-state index contributed by atoms with van der Waals surface area (Å²) in [5, 5.41) is 8.55. The summed E-state index contributed by atoms with van der Waals surface area (Å²) in [5.74, 6) is -0.672. The molecular formula is C16H21NO4. The zero-order chi connectivity index (χ0) is 15.8. The molecule has 0 radical (unpaired) electrons. The fraction of sp³-hybridized carbons (Fsp3) is 0.375. The lowest BCUT2D eigenvalue weighted by molar-refractivity contribution is -0.131. The number of carboxylic acid groups (broad SMARTS) is 1. The number of benzene rings is 1. The molecule has 0 aromatic heterocycles. The van der Waals surface area contributed by atoms with Gasteiger partial charge in [-0.3, -0.25) is 0 Å². The van der Waals surface area contributed by atoms with Crippen LogP contribution in [0.2, 0.25) is 0 Å². The third-order valence-electron chi connectivity index (χ3n) is 2.67. The first-order valence-electron chi connectivity index (χ1n) is 6.76. The number of carbonyl (C=O) groups is 2. The van der Waals surface area contributed by atoms with E-state index in [1.165, 1.54) is 11.0 Å². The zero-order valence-corrected chi connectivity index (χ0v) is 12.6. The van der Waals surface area contributed by atoms with Gasteiger partial charge in [-0.1, -0.05) is 38.1 Å². The highest BCUT2D eigenvalue weighted by Gasteiger charge is 2.11. The van der Waals surface area contributed by atoms with Crippen LogP contribution in [0.15, 0.2) is 30.3 Å². The van der Waals surface area contributed by atoms with E-state index in [1.54, 1.807) is 7.05 Å². The molecular weight excluding hydrogens is 270 g/mol. The second-order valence-corrected chi connectivity index (χ2v) is 5.24. The average Bonchev–Trinajstić information content (AvgIpc) is 2.43. The smallest absolute Gasteiger partial charge is 0.409 e. The zero-order valence-electron chi connectivity index (χ0n) is 12.6. The van der Waals surface area contributed by atoms with Crippen LogP contribution < -0.4 is 0 Å². The van der Waals surface area contributed by atoms with Crippen molar-refractivity contribution in [2.75, 3.05) is 13.7 Å². The van der Waals surface area contributed by atoms with Crippen molar-refractivity contribution >= 4 is 18.1 Å². The first kappa shape index (κ1) is 16.8. The Bertz CT molecular complexity index is 506. The molecule has 5 heteroatoms. The molecule has 21 heavy (non-hydrogen) atoms. The Morgan fingerprint density at radius 1 is 1.29 bits per heavy atom. The molecule has 0 fully saturated rings. The van der Waals surface area contributed by atoms with E-state index in [4.69, 9.17) is 9.84 Å². The quantitative estimate of drug-likeness (QED) is 0.818. The molecule has 0 bridgehead atoms. The van der Waals surface area contributed by atoms with E-state index >= 15 is 0 Å². The van der Waals surface area contributed by atoms with E-state index in [9.17, 15) is 9.59 Å². The maximum Gasteiger partial charge on any atom is 0.409 e. The number of carbonyl (C=O) groups excluding carboxylic acids is 1. The highest BCUT2D eigenvalue weighted by atomic mass is 16.6. The lowest BCUT2D eigenvalue weighted by atomic mass is 10.1. The number of aliphatic carboxylic acids is 1. The largest absolute Gasteiger partial charge is 0.478 e. The summed E-state index contributed by atoms with van der Waals surface area (Å²) in [7, 11) is 1.68. The second kappa shape index (κ2) is 8.09. The average molecular weight is 291 g/mol. The molecule has 5 nitrogen and oxygen atoms in total. The Balaban J connectivity index is 2.55. The van der Waals surface area contributed by atoms with Gasteiger partial charge in [-0.2, -0.15) is 0 Å². The van der Waals surface area contributed by atoms with Crippen molar-refractivity contribution in [1.29, 1.82) is 0 Å². The molecule has 1 N–H and O–H groups in total. The third kappa shape index (κ3) is 6.61. The van der Waals surface area contributed by atoms with Crippen molar-refractivity contribution in [2.45, 2.75) is 20.4 Å². The van der Waals surface area contributed by atoms with Gasteiger partial charge < -0.3 is 14.7 Å². The molecule has 1 amide bonds. The number of hydrogen-bond acceptors (Lipinski definition) is 3. The van der Waals surface area contributed by atoms with Crippen molar-refractivity contribution in [1.82, 2.24) is 4.90 Å². The van der Waals surface area contributed by atoms with Crippen LogP contribution in [0.25, 0.3) is 6.08 Å². The molecule has 1 aromatic carbocycles. The fourth-order valence-corrected chi connectivity index (χ4v) is 1.59. The van der Waals surface area contributed by atoms with Gasteiger partial charge in [0.25, 0.3) is 0 Å². The predicted octanol–water partition coefficient (Wildman–Crippen LogP) is 3.01. The fourth-order valence-electron chi connectivity index (χ4n) is 1.59. The molecule has 0 saturated heterocycles. The Kier molecular flexibility index (Phi) is 6.46. The first-order valence-corrected chi connectivity index (χ1v) is 6.76. The minimum Gasteiger partial charge on any atom is -0.478 e. The van der Waals surface area contributed by atoms with Crippen LogP contribution in [0, 0.1) is 5.92 Å². The summed E-state index contributed by atoms with van der Waals surface area (Å²) < 4.78 is 5.14. The number of amides is 1. The van der Waals surface area contributed by atoms with Gasteiger partial charge in [0.05, 0.1) is 6.61 Å². The van der Waals surface area contributed by atoms with Gasteiger partial charge in [0.1, 0.15) is 0 Å². The Labute approximate surface area is 124 Å². The van der Waals surface area contributed by atoms with Gasteiger partial charge in [0.2, 0.25) is 0 Å². The van der Waals surface area contributed by atoms with E-state index in [0.717, 1.165) is 17.2 Å². The summed E-state index contributed by atoms with van der Waals surface area (Å²) in [4.78, 5) is 23.7. The standard InChI is InChI=1S/C16H21NO4/c1-12(2)11-21-16(20)17(3)10-14-6-4-13(5-7-14)8-9-15(18)19/h4-9,12H,10-11H2,1-3H3,(H,18,19). The van der Waals surface area contributed by atoms with E-state index < -0.39 is 5.97 Å². The summed E-state index contributed by atoms with van der Waals surface area (Å²) in [6.45, 7) is 4.81. The van der Waals surface area contributed by atoms with Crippen LogP contribution in [0.5, 0.6) is 0 Å². The van der Waals surface area contributed by atoms with Crippen molar-refractivity contribution in [3.8, 4) is 0 Å². The van der Waals surface area contributed by atoms with Crippen molar-refractivity contribution in [2.24, 2.45) is 5.92 Å². The lowest BCUT2D eigenvalue weighted by Crippen LogP contribution is -2.28. The molecule has 0 heterocycles. The summed E-state index contributed by atoms with van der Waals surface area (Å²) in [5.41, 5.74) is 1.75. The number of hydrogen-bond donors (Lipinski definition) is 1. The van der Waals surface area contributed by atoms with E-state index in [0.29, 0.717) is 19.1 Å². The molecule has 0 unspecified atom stereocenters. The first-order chi connectivity index (χ1) is 9.88. The maximum absolute atomic E-state index is 11.7. The van der Waals surface area contributed by atoms with Gasteiger partial charge in [0.15, 0.2) is 0 Å². The Morgan fingerprint density at radius 3 is 2.43 bits per heavy atom. The predicted molar refractivity (Wildman–Crippen MR) is 80.8 cm³/mol. The normalized spacial score (nSPS) is 10.9. The van der Waals surface area contributed by atoms with Crippen molar-refractivity contribution in [3.05, 3.63) is 41.5 Å². The second-order valence-electron chi connectivity index (χ2n) is 5.24. The minimum atomic E-state index is -0.980. The van der Waals surface area contributed by atoms with Crippen LogP contribution in [-0.2, 0) is 16.1 Å². The lowest BCUT2D eigenvalue weighted by Gasteiger charge is -2.18. The minimum absolute atomic E-state index is 0.308. The number of rotatable bonds is 6. The van der Waals surface area contributed by atoms with Gasteiger partial charge in [-0.25, -0.2) is 9.59 Å². The van der Waals surface area contributed by atoms with Crippen molar-refractivity contribution in [3.63, 3.8) is 0 Å². The molecule has 0 saturated carbocycles. The molecule has 0 aliphatic heterocycles. The van der Waals surface area contributed by atoms with Gasteiger partial charge >= 0.3 is 12.1 Å². The summed E-state index contributed by atoms with van der Waals surface area (Å²) in [6.07, 6.45) is 2.26. The molecule has 0 aliphatic carbocycles. The highest BCUT2D eigenvalue weighted by Crippen LogP contribution is 2.09. The molecule has 1 rings (SSSR count). The van der Waals surface area contributed by atoms with Crippen LogP contribution in [-0.4, -0.2) is 35.7 Å². The molecule has 0 aliphatic rings. The monoisotopic (exact) mass is 291 g/mol. The molecule has 0 atom stereocenters. The van der Waals surface area contributed by atoms with Gasteiger partial charge in [0, 0.05) is 19.7 Å². The SMILES string of the molecule is CC(C)COC(=O)N(C)Cc1ccc(C=CC(=O)O)cc1. The van der Waals surface area contributed by atoms with Gasteiger partial charge in [-0.05, 0) is 23.1 Å². The van der Waals surface area contributed by atoms with Crippen molar-refractivity contribution < 1.29 is 19.4 Å². The van der Waals surface area contributed by atoms with Crippen LogP contribution in [0.4, 0.5) is 4.79 Å². The highest BCUT2D eigenvalue weighted by molar-refractivity contribution is 5.85. The molecule has 114 valence electrons. The summed E-state index contributed by atoms with van der Waals surface area (Å²) in [6, 6.07) is 7.33. The van der Waals surface area contributed by atoms with Gasteiger partial charge in [-0.15, -0.1) is 0 Å². The number of nitrogens with zero attached hydrogens (tertiary/aromatic N) is 1.